The summed E-state index contributed by atoms with van der Waals surface area (Å²) in [7, 11) is -8.77. The van der Waals surface area contributed by atoms with Crippen LogP contribution in [0.4, 0.5) is 10.5 Å². The Morgan fingerprint density at radius 1 is 0.823 bits per heavy atom. The summed E-state index contributed by atoms with van der Waals surface area (Å²) in [4.78, 5) is 19.0. The Balaban J connectivity index is 1.21. The van der Waals surface area contributed by atoms with Gasteiger partial charge in [0.05, 0.1) is 26.8 Å². The number of aromatic nitrogens is 1. The number of anilines is 1. The van der Waals surface area contributed by atoms with Crippen molar-refractivity contribution in [2.24, 2.45) is 0 Å². The van der Waals surface area contributed by atoms with E-state index < -0.39 is 37.2 Å². The van der Waals surface area contributed by atoms with E-state index in [4.69, 9.17) is 4.74 Å². The van der Waals surface area contributed by atoms with Crippen LogP contribution in [0.3, 0.4) is 0 Å². The molecule has 0 atom stereocenters. The van der Waals surface area contributed by atoms with Crippen molar-refractivity contribution in [1.82, 2.24) is 9.80 Å². The second-order valence-corrected chi connectivity index (χ2v) is 20.6. The zero-order valence-corrected chi connectivity index (χ0v) is 37.7. The monoisotopic (exact) mass is 895 g/mol. The maximum atomic E-state index is 12.7. The standard InChI is InChI=1S/C47H52N4O8S3/c1-4-59-46(52)49-29-27-48(28-30-49)44-35(19-23-41-47(2,3)43-37-13-7-5-11-33(37)17-21-39(43)50(41)25-9-31-61(53,54)55)15-16-36(44)20-24-42-51(26-10-32-62(56,57)58)40-22-18-34-12-6-8-14-38(34)45(40)60-42/h5-8,11-14,17-24H,4,9-10,15-16,25-32H2,1-3H3,(H-,53,54,55,56,57,58)/p-1. The number of hydrogen-bond donors (Lipinski definition) is 0. The summed E-state index contributed by atoms with van der Waals surface area (Å²) in [5.74, 6) is -0.895. The van der Waals surface area contributed by atoms with Crippen LogP contribution in [0.15, 0.2) is 114 Å². The fourth-order valence-corrected chi connectivity index (χ4v) is 11.6. The summed E-state index contributed by atoms with van der Waals surface area (Å²) in [6.45, 7) is 9.45. The topological polar surface area (TPSA) is 154 Å². The summed E-state index contributed by atoms with van der Waals surface area (Å²) in [6, 6.07) is 24.7. The molecule has 0 N–H and O–H groups in total. The first-order chi connectivity index (χ1) is 29.6. The summed E-state index contributed by atoms with van der Waals surface area (Å²) in [5, 5.41) is 5.39. The number of carbonyl (C=O) groups excluding carboxylic acids is 1. The molecule has 1 saturated heterocycles. The number of rotatable bonds is 13. The van der Waals surface area contributed by atoms with Gasteiger partial charge in [0.2, 0.25) is 5.52 Å². The van der Waals surface area contributed by atoms with Gasteiger partial charge in [0.15, 0.2) is 6.54 Å². The minimum absolute atomic E-state index is 0.188. The van der Waals surface area contributed by atoms with Gasteiger partial charge < -0.3 is 28.5 Å². The van der Waals surface area contributed by atoms with E-state index in [9.17, 15) is 30.7 Å². The molecule has 0 radical (unpaired) electrons. The van der Waals surface area contributed by atoms with Crippen LogP contribution in [0, 0.1) is 0 Å². The van der Waals surface area contributed by atoms with Gasteiger partial charge in [0.25, 0.3) is 5.01 Å². The first-order valence-electron chi connectivity index (χ1n) is 21.1. The number of thiazole rings is 1. The van der Waals surface area contributed by atoms with Crippen LogP contribution in [-0.2, 0) is 36.9 Å². The zero-order chi connectivity index (χ0) is 43.8. The van der Waals surface area contributed by atoms with Gasteiger partial charge >= 0.3 is 6.09 Å². The number of ether oxygens (including phenoxy) is 1. The van der Waals surface area contributed by atoms with E-state index in [1.54, 1.807) is 23.2 Å². The third kappa shape index (κ3) is 9.04. The van der Waals surface area contributed by atoms with E-state index in [1.807, 2.05) is 24.3 Å². The fraction of sp³-hybridized carbons (Fsp3) is 0.362. The van der Waals surface area contributed by atoms with Crippen molar-refractivity contribution in [2.75, 3.05) is 55.7 Å². The molecule has 2 aliphatic heterocycles. The number of carbonyl (C=O) groups is 1. The molecular weight excluding hydrogens is 845 g/mol. The second kappa shape index (κ2) is 17.6. The molecule has 15 heteroatoms. The fourth-order valence-electron chi connectivity index (χ4n) is 9.38. The Hall–Kier alpha value is -5.06. The molecule has 8 rings (SSSR count). The maximum absolute atomic E-state index is 12.7. The van der Waals surface area contributed by atoms with Gasteiger partial charge in [-0.1, -0.05) is 85.9 Å². The Kier molecular flexibility index (Phi) is 12.4. The third-order valence-corrected chi connectivity index (χ3v) is 15.0. The lowest BCUT2D eigenvalue weighted by molar-refractivity contribution is -0.668. The molecule has 3 aliphatic rings. The van der Waals surface area contributed by atoms with E-state index >= 15 is 0 Å². The van der Waals surface area contributed by atoms with Crippen molar-refractivity contribution in [2.45, 2.75) is 58.4 Å². The predicted octanol–water partition coefficient (Wildman–Crippen LogP) is 7.81. The molecule has 5 aromatic rings. The molecule has 0 spiro atoms. The van der Waals surface area contributed by atoms with Crippen LogP contribution >= 0.6 is 11.3 Å². The van der Waals surface area contributed by atoms with Gasteiger partial charge in [-0.2, -0.15) is 4.57 Å². The van der Waals surface area contributed by atoms with Crippen LogP contribution in [0.2, 0.25) is 0 Å². The number of hydrogen-bond acceptors (Lipinski definition) is 11. The van der Waals surface area contributed by atoms with Gasteiger partial charge in [-0.15, -0.1) is 0 Å². The number of fused-ring (bicyclic) bond motifs is 6. The molecule has 0 saturated carbocycles. The maximum Gasteiger partial charge on any atom is 0.409 e. The lowest BCUT2D eigenvalue weighted by atomic mass is 9.81. The van der Waals surface area contributed by atoms with Crippen LogP contribution < -0.4 is 9.47 Å². The molecule has 1 aliphatic carbocycles. The van der Waals surface area contributed by atoms with Crippen molar-refractivity contribution >= 4 is 81.2 Å². The lowest BCUT2D eigenvalue weighted by Crippen LogP contribution is -2.48. The van der Waals surface area contributed by atoms with E-state index in [0.29, 0.717) is 45.9 Å². The number of allylic oxidation sites excluding steroid dienone is 6. The Labute approximate surface area is 367 Å². The lowest BCUT2D eigenvalue weighted by Gasteiger charge is -2.37. The highest BCUT2D eigenvalue weighted by Gasteiger charge is 2.41. The zero-order valence-electron chi connectivity index (χ0n) is 35.2. The molecule has 3 heterocycles. The molecule has 326 valence electrons. The van der Waals surface area contributed by atoms with Crippen LogP contribution in [0.25, 0.3) is 37.8 Å². The molecule has 1 aromatic heterocycles. The molecule has 4 aromatic carbocycles. The van der Waals surface area contributed by atoms with Gasteiger partial charge in [0, 0.05) is 90.7 Å². The average Bonchev–Trinajstić information content (AvgIpc) is 3.87. The highest BCUT2D eigenvalue weighted by atomic mass is 32.2. The van der Waals surface area contributed by atoms with E-state index in [0.717, 1.165) is 83.4 Å². The third-order valence-electron chi connectivity index (χ3n) is 12.2. The first kappa shape index (κ1) is 43.6. The van der Waals surface area contributed by atoms with Gasteiger partial charge in [-0.3, -0.25) is 0 Å². The van der Waals surface area contributed by atoms with Crippen LogP contribution in [0.5, 0.6) is 0 Å². The summed E-state index contributed by atoms with van der Waals surface area (Å²) >= 11 is 1.64. The minimum atomic E-state index is -4.39. The quantitative estimate of drug-likeness (QED) is 0.0845. The predicted molar refractivity (Wildman–Crippen MR) is 244 cm³/mol. The largest absolute Gasteiger partial charge is 0.748 e. The highest BCUT2D eigenvalue weighted by Crippen LogP contribution is 2.51. The highest BCUT2D eigenvalue weighted by molar-refractivity contribution is 7.85. The van der Waals surface area contributed by atoms with Gasteiger partial charge in [-0.25, -0.2) is 21.6 Å². The first-order valence-corrected chi connectivity index (χ1v) is 25.1. The van der Waals surface area contributed by atoms with Crippen LogP contribution in [0.1, 0.15) is 57.0 Å². The number of nitrogens with zero attached hydrogens (tertiary/aromatic N) is 4. The van der Waals surface area contributed by atoms with Crippen molar-refractivity contribution in [1.29, 1.82) is 0 Å². The number of benzene rings is 4. The van der Waals surface area contributed by atoms with Crippen molar-refractivity contribution < 1.29 is 40.0 Å². The van der Waals surface area contributed by atoms with Crippen molar-refractivity contribution in [3.05, 3.63) is 124 Å². The molecule has 0 unspecified atom stereocenters. The number of aryl methyl sites for hydroxylation is 1. The normalized spacial score (nSPS) is 18.4. The Morgan fingerprint density at radius 2 is 1.48 bits per heavy atom. The summed E-state index contributed by atoms with van der Waals surface area (Å²) < 4.78 is 78.5. The Morgan fingerprint density at radius 3 is 2.19 bits per heavy atom. The average molecular weight is 896 g/mol. The van der Waals surface area contributed by atoms with E-state index in [-0.39, 0.29) is 18.9 Å². The second-order valence-electron chi connectivity index (χ2n) is 16.5. The molecule has 62 heavy (non-hydrogen) atoms. The molecular formula is C47H51N4O8S3-. The number of piperazine rings is 1. The Bertz CT molecular complexity index is 2910. The van der Waals surface area contributed by atoms with E-state index in [2.05, 4.69) is 101 Å². The smallest absolute Gasteiger partial charge is 0.409 e. The van der Waals surface area contributed by atoms with Gasteiger partial charge in [-0.05, 0) is 83.3 Å². The van der Waals surface area contributed by atoms with Crippen molar-refractivity contribution in [3.8, 4) is 0 Å². The molecule has 1 amide bonds. The number of amides is 1. The SMILES string of the molecule is CCOC(=O)N1CCN(C2=C(/C=C/c3sc4c5ccccc5ccc4[n+]3CCCS(=O)(=O)[O-])CC/C2=C\C=C2\N(CCCS(=O)(=O)[O-])c3ccc4ccccc4c3C2(C)C)CC1. The minimum Gasteiger partial charge on any atom is -0.748 e. The van der Waals surface area contributed by atoms with Crippen molar-refractivity contribution in [3.63, 3.8) is 0 Å². The molecule has 0 bridgehead atoms. The molecule has 12 nitrogen and oxygen atoms in total. The summed E-state index contributed by atoms with van der Waals surface area (Å²) in [5.41, 5.74) is 7.05. The molecule has 1 fully saturated rings. The van der Waals surface area contributed by atoms with E-state index in [1.165, 1.54) is 0 Å². The van der Waals surface area contributed by atoms with Gasteiger partial charge in [0.1, 0.15) is 4.70 Å². The van der Waals surface area contributed by atoms with Crippen LogP contribution in [-0.4, -0.2) is 92.7 Å². The summed E-state index contributed by atoms with van der Waals surface area (Å²) in [6.07, 6.45) is 10.2.